The van der Waals surface area contributed by atoms with Crippen molar-refractivity contribution in [3.05, 3.63) is 89.7 Å². The Balaban J connectivity index is 1.46. The molecule has 1 amide bonds. The predicted octanol–water partition coefficient (Wildman–Crippen LogP) is 6.18. The van der Waals surface area contributed by atoms with Gasteiger partial charge in [-0.25, -0.2) is 9.37 Å². The highest BCUT2D eigenvalue weighted by molar-refractivity contribution is 5.84. The van der Waals surface area contributed by atoms with E-state index in [9.17, 15) is 9.18 Å². The van der Waals surface area contributed by atoms with Crippen LogP contribution in [0.25, 0.3) is 22.2 Å². The molecular weight excluding hydrogens is 455 g/mol. The Labute approximate surface area is 210 Å². The Morgan fingerprint density at radius 2 is 1.75 bits per heavy atom. The number of rotatable bonds is 9. The average Bonchev–Trinajstić information content (AvgIpc) is 3.75. The van der Waals surface area contributed by atoms with Crippen LogP contribution in [0.3, 0.4) is 0 Å². The Bertz CT molecular complexity index is 1380. The largest absolute Gasteiger partial charge is 0.497 e. The van der Waals surface area contributed by atoms with Crippen LogP contribution in [0.5, 0.6) is 11.5 Å². The summed E-state index contributed by atoms with van der Waals surface area (Å²) in [6.07, 6.45) is 3.03. The summed E-state index contributed by atoms with van der Waals surface area (Å²) in [4.78, 5) is 20.3. The molecule has 0 saturated heterocycles. The van der Waals surface area contributed by atoms with Gasteiger partial charge in [-0.1, -0.05) is 18.2 Å². The van der Waals surface area contributed by atoms with Crippen LogP contribution in [0.1, 0.15) is 30.4 Å². The second-order valence-corrected chi connectivity index (χ2v) is 9.13. The van der Waals surface area contributed by atoms with E-state index < -0.39 is 0 Å². The lowest BCUT2D eigenvalue weighted by atomic mass is 10.0. The summed E-state index contributed by atoms with van der Waals surface area (Å²) in [7, 11) is 3.28. The number of para-hydroxylation sites is 1. The summed E-state index contributed by atoms with van der Waals surface area (Å²) < 4.78 is 24.7. The zero-order chi connectivity index (χ0) is 25.1. The fourth-order valence-corrected chi connectivity index (χ4v) is 4.59. The monoisotopic (exact) mass is 484 g/mol. The van der Waals surface area contributed by atoms with E-state index in [1.165, 1.54) is 12.1 Å². The van der Waals surface area contributed by atoms with Crippen molar-refractivity contribution in [1.29, 1.82) is 0 Å². The smallest absolute Gasteiger partial charge is 0.223 e. The Morgan fingerprint density at radius 3 is 2.47 bits per heavy atom. The quantitative estimate of drug-likeness (QED) is 0.285. The number of amides is 1. The fourth-order valence-electron chi connectivity index (χ4n) is 4.59. The topological polar surface area (TPSA) is 51.7 Å². The molecule has 6 heteroatoms. The molecule has 0 aliphatic heterocycles. The second kappa shape index (κ2) is 10.4. The molecular formula is C30H29FN2O3. The van der Waals surface area contributed by atoms with Gasteiger partial charge in [0.2, 0.25) is 5.91 Å². The third kappa shape index (κ3) is 5.18. The van der Waals surface area contributed by atoms with Gasteiger partial charge < -0.3 is 14.4 Å². The number of carbonyl (C=O) groups excluding carboxylic acids is 1. The zero-order valence-electron chi connectivity index (χ0n) is 20.5. The number of ether oxygens (including phenoxy) is 2. The number of benzene rings is 3. The van der Waals surface area contributed by atoms with Gasteiger partial charge in [0, 0.05) is 36.0 Å². The van der Waals surface area contributed by atoms with E-state index in [-0.39, 0.29) is 17.8 Å². The van der Waals surface area contributed by atoms with Crippen molar-refractivity contribution in [3.8, 4) is 22.8 Å². The van der Waals surface area contributed by atoms with Crippen LogP contribution in [0.2, 0.25) is 0 Å². The average molecular weight is 485 g/mol. The van der Waals surface area contributed by atoms with Crippen molar-refractivity contribution in [1.82, 2.24) is 9.88 Å². The van der Waals surface area contributed by atoms with Crippen molar-refractivity contribution in [2.24, 2.45) is 0 Å². The molecule has 0 bridgehead atoms. The van der Waals surface area contributed by atoms with Crippen LogP contribution in [0.4, 0.5) is 4.39 Å². The highest BCUT2D eigenvalue weighted by Gasteiger charge is 2.33. The number of hydrogen-bond acceptors (Lipinski definition) is 4. The molecule has 36 heavy (non-hydrogen) atoms. The van der Waals surface area contributed by atoms with Crippen LogP contribution in [-0.2, 0) is 17.8 Å². The molecule has 1 fully saturated rings. The molecule has 1 aromatic heterocycles. The zero-order valence-corrected chi connectivity index (χ0v) is 20.5. The molecule has 0 spiro atoms. The first-order valence-corrected chi connectivity index (χ1v) is 12.2. The van der Waals surface area contributed by atoms with Gasteiger partial charge in [-0.2, -0.15) is 0 Å². The number of hydrogen-bond donors (Lipinski definition) is 0. The molecule has 5 rings (SSSR count). The summed E-state index contributed by atoms with van der Waals surface area (Å²) >= 11 is 0. The van der Waals surface area contributed by atoms with Crippen LogP contribution in [-0.4, -0.2) is 36.1 Å². The van der Waals surface area contributed by atoms with E-state index in [4.69, 9.17) is 14.5 Å². The first-order valence-electron chi connectivity index (χ1n) is 12.2. The van der Waals surface area contributed by atoms with Gasteiger partial charge in [0.05, 0.1) is 25.4 Å². The molecule has 1 saturated carbocycles. The minimum atomic E-state index is -0.324. The third-order valence-corrected chi connectivity index (χ3v) is 6.67. The number of aromatic nitrogens is 1. The molecule has 5 nitrogen and oxygen atoms in total. The van der Waals surface area contributed by atoms with Gasteiger partial charge >= 0.3 is 0 Å². The van der Waals surface area contributed by atoms with E-state index in [1.807, 2.05) is 59.5 Å². The molecule has 184 valence electrons. The highest BCUT2D eigenvalue weighted by Crippen LogP contribution is 2.33. The molecule has 4 aromatic rings. The summed E-state index contributed by atoms with van der Waals surface area (Å²) in [5.74, 6) is 1.34. The minimum absolute atomic E-state index is 0.114. The van der Waals surface area contributed by atoms with Gasteiger partial charge in [-0.3, -0.25) is 4.79 Å². The standard InChI is InChI=1S/C30H29FN2O3/c1-35-26-14-8-21(9-15-26)30-23(17-22-7-11-24(31)18-27(22)32-30)19-33(25-12-13-25)29(34)16-10-20-5-3-4-6-28(20)36-2/h3-9,11,14-15,17-18,25H,10,12-13,16,19H2,1-2H3. The summed E-state index contributed by atoms with van der Waals surface area (Å²) in [6.45, 7) is 0.455. The van der Waals surface area contributed by atoms with Crippen molar-refractivity contribution in [2.45, 2.75) is 38.3 Å². The van der Waals surface area contributed by atoms with Gasteiger partial charge in [0.1, 0.15) is 17.3 Å². The Morgan fingerprint density at radius 1 is 0.972 bits per heavy atom. The maximum Gasteiger partial charge on any atom is 0.223 e. The second-order valence-electron chi connectivity index (χ2n) is 9.13. The fraction of sp³-hybridized carbons (Fsp3) is 0.267. The lowest BCUT2D eigenvalue weighted by molar-refractivity contribution is -0.132. The predicted molar refractivity (Wildman–Crippen MR) is 139 cm³/mol. The van der Waals surface area contributed by atoms with Crippen molar-refractivity contribution < 1.29 is 18.7 Å². The number of carbonyl (C=O) groups is 1. The molecule has 0 atom stereocenters. The summed E-state index contributed by atoms with van der Waals surface area (Å²) in [5.41, 5.74) is 4.20. The summed E-state index contributed by atoms with van der Waals surface area (Å²) in [6, 6.07) is 22.4. The number of pyridine rings is 1. The van der Waals surface area contributed by atoms with Crippen molar-refractivity contribution in [3.63, 3.8) is 0 Å². The number of aryl methyl sites for hydroxylation is 1. The van der Waals surface area contributed by atoms with E-state index in [0.717, 1.165) is 52.1 Å². The normalized spacial score (nSPS) is 13.0. The molecule has 0 N–H and O–H groups in total. The van der Waals surface area contributed by atoms with Gasteiger partial charge in [0.25, 0.3) is 0 Å². The molecule has 1 aliphatic carbocycles. The number of methoxy groups -OCH3 is 2. The van der Waals surface area contributed by atoms with Crippen LogP contribution < -0.4 is 9.47 Å². The van der Waals surface area contributed by atoms with Crippen LogP contribution >= 0.6 is 0 Å². The van der Waals surface area contributed by atoms with E-state index >= 15 is 0 Å². The molecule has 0 unspecified atom stereocenters. The first-order chi connectivity index (χ1) is 17.6. The van der Waals surface area contributed by atoms with E-state index in [1.54, 1.807) is 20.3 Å². The number of nitrogens with zero attached hydrogens (tertiary/aromatic N) is 2. The maximum atomic E-state index is 14.0. The van der Waals surface area contributed by atoms with Crippen LogP contribution in [0, 0.1) is 5.82 Å². The Hall–Kier alpha value is -3.93. The number of fused-ring (bicyclic) bond motifs is 1. The minimum Gasteiger partial charge on any atom is -0.497 e. The summed E-state index contributed by atoms with van der Waals surface area (Å²) in [5, 5.41) is 0.848. The maximum absolute atomic E-state index is 14.0. The molecule has 1 aliphatic rings. The van der Waals surface area contributed by atoms with Crippen LogP contribution in [0.15, 0.2) is 72.8 Å². The van der Waals surface area contributed by atoms with Gasteiger partial charge in [0.15, 0.2) is 0 Å². The van der Waals surface area contributed by atoms with Crippen molar-refractivity contribution in [2.75, 3.05) is 14.2 Å². The third-order valence-electron chi connectivity index (χ3n) is 6.67. The van der Waals surface area contributed by atoms with Gasteiger partial charge in [-0.05, 0) is 78.9 Å². The van der Waals surface area contributed by atoms with E-state index in [2.05, 4.69) is 0 Å². The van der Waals surface area contributed by atoms with E-state index in [0.29, 0.717) is 24.9 Å². The highest BCUT2D eigenvalue weighted by atomic mass is 19.1. The Kier molecular flexibility index (Phi) is 6.85. The number of halogens is 1. The van der Waals surface area contributed by atoms with Crippen molar-refractivity contribution >= 4 is 16.8 Å². The lowest BCUT2D eigenvalue weighted by Gasteiger charge is -2.24. The molecule has 1 heterocycles. The molecule has 3 aromatic carbocycles. The molecule has 0 radical (unpaired) electrons. The van der Waals surface area contributed by atoms with Gasteiger partial charge in [-0.15, -0.1) is 0 Å². The SMILES string of the molecule is COc1ccc(-c2nc3cc(F)ccc3cc2CN(C(=O)CCc2ccccc2OC)C2CC2)cc1. The lowest BCUT2D eigenvalue weighted by Crippen LogP contribution is -2.33. The first kappa shape index (κ1) is 23.8.